The van der Waals surface area contributed by atoms with Crippen molar-refractivity contribution in [3.8, 4) is 0 Å². The van der Waals surface area contributed by atoms with Gasteiger partial charge in [-0.1, -0.05) is 18.2 Å². The molecule has 108 valence electrons. The third-order valence-electron chi connectivity index (χ3n) is 5.65. The van der Waals surface area contributed by atoms with Gasteiger partial charge in [0.1, 0.15) is 5.82 Å². The van der Waals surface area contributed by atoms with E-state index in [1.54, 1.807) is 6.07 Å². The Bertz CT molecular complexity index is 491. The molecule has 0 radical (unpaired) electrons. The monoisotopic (exact) mass is 272 g/mol. The summed E-state index contributed by atoms with van der Waals surface area (Å²) in [4.78, 5) is 0. The van der Waals surface area contributed by atoms with Crippen LogP contribution in [0, 0.1) is 30.5 Å². The van der Waals surface area contributed by atoms with E-state index in [0.29, 0.717) is 5.92 Å². The Morgan fingerprint density at radius 1 is 1.10 bits per heavy atom. The first-order valence-corrected chi connectivity index (χ1v) is 8.06. The van der Waals surface area contributed by atoms with Gasteiger partial charge < -0.3 is 0 Å². The summed E-state index contributed by atoms with van der Waals surface area (Å²) >= 11 is 0. The lowest BCUT2D eigenvalue weighted by Crippen LogP contribution is -2.30. The molecule has 0 aliphatic heterocycles. The van der Waals surface area contributed by atoms with Crippen molar-refractivity contribution in [2.24, 2.45) is 17.8 Å². The molecule has 0 heterocycles. The van der Waals surface area contributed by atoms with Crippen LogP contribution in [0.4, 0.5) is 4.39 Å². The fourth-order valence-corrected chi connectivity index (χ4v) is 4.31. The molecule has 2 fully saturated rings. The topological polar surface area (TPSA) is 0 Å². The maximum atomic E-state index is 13.8. The first-order chi connectivity index (χ1) is 9.67. The van der Waals surface area contributed by atoms with Crippen LogP contribution in [0.5, 0.6) is 0 Å². The Balaban J connectivity index is 1.70. The number of halogens is 1. The third kappa shape index (κ3) is 2.68. The average molecular weight is 272 g/mol. The number of hydrogen-bond donors (Lipinski definition) is 0. The highest BCUT2D eigenvalue weighted by atomic mass is 19.1. The van der Waals surface area contributed by atoms with Crippen molar-refractivity contribution in [1.29, 1.82) is 0 Å². The average Bonchev–Trinajstić information content (AvgIpc) is 2.49. The molecule has 4 atom stereocenters. The van der Waals surface area contributed by atoms with Crippen LogP contribution in [0.2, 0.25) is 0 Å². The predicted octanol–water partition coefficient (Wildman–Crippen LogP) is 5.62. The molecule has 4 unspecified atom stereocenters. The number of allylic oxidation sites excluding steroid dienone is 1. The zero-order chi connectivity index (χ0) is 14.1. The van der Waals surface area contributed by atoms with Crippen LogP contribution in [0.15, 0.2) is 30.9 Å². The van der Waals surface area contributed by atoms with Gasteiger partial charge in [-0.15, -0.1) is 6.58 Å². The smallest absolute Gasteiger partial charge is 0.126 e. The van der Waals surface area contributed by atoms with Gasteiger partial charge in [0, 0.05) is 0 Å². The second kappa shape index (κ2) is 5.71. The van der Waals surface area contributed by atoms with Crippen LogP contribution in [-0.2, 0) is 0 Å². The third-order valence-corrected chi connectivity index (χ3v) is 5.65. The van der Waals surface area contributed by atoms with Gasteiger partial charge in [-0.2, -0.15) is 0 Å². The molecule has 0 bridgehead atoms. The van der Waals surface area contributed by atoms with Gasteiger partial charge in [-0.3, -0.25) is 0 Å². The molecule has 1 heteroatoms. The van der Waals surface area contributed by atoms with Crippen molar-refractivity contribution in [2.45, 2.75) is 51.4 Å². The summed E-state index contributed by atoms with van der Waals surface area (Å²) in [6.07, 6.45) is 9.94. The molecule has 1 aromatic rings. The van der Waals surface area contributed by atoms with Crippen molar-refractivity contribution < 1.29 is 4.39 Å². The van der Waals surface area contributed by atoms with Gasteiger partial charge in [-0.05, 0) is 86.3 Å². The molecule has 1 aromatic carbocycles. The van der Waals surface area contributed by atoms with Gasteiger partial charge in [0.15, 0.2) is 0 Å². The lowest BCUT2D eigenvalue weighted by atomic mass is 9.64. The van der Waals surface area contributed by atoms with E-state index in [1.807, 2.05) is 13.0 Å². The highest BCUT2D eigenvalue weighted by molar-refractivity contribution is 5.26. The van der Waals surface area contributed by atoms with Crippen LogP contribution >= 0.6 is 0 Å². The zero-order valence-corrected chi connectivity index (χ0v) is 12.4. The summed E-state index contributed by atoms with van der Waals surface area (Å²) in [6, 6.07) is 5.85. The largest absolute Gasteiger partial charge is 0.207 e. The highest BCUT2D eigenvalue weighted by Gasteiger charge is 2.35. The van der Waals surface area contributed by atoms with E-state index in [4.69, 9.17) is 0 Å². The normalized spacial score (nSPS) is 33.5. The summed E-state index contributed by atoms with van der Waals surface area (Å²) in [6.45, 7) is 5.80. The summed E-state index contributed by atoms with van der Waals surface area (Å²) in [7, 11) is 0. The van der Waals surface area contributed by atoms with Gasteiger partial charge in [0.2, 0.25) is 0 Å². The molecular formula is C19H25F. The summed E-state index contributed by atoms with van der Waals surface area (Å²) in [5.41, 5.74) is 1.98. The van der Waals surface area contributed by atoms with Crippen LogP contribution in [0.3, 0.4) is 0 Å². The van der Waals surface area contributed by atoms with Crippen molar-refractivity contribution >= 4 is 0 Å². The van der Waals surface area contributed by atoms with E-state index < -0.39 is 0 Å². The summed E-state index contributed by atoms with van der Waals surface area (Å²) in [5.74, 6) is 3.02. The van der Waals surface area contributed by atoms with Crippen LogP contribution < -0.4 is 0 Å². The summed E-state index contributed by atoms with van der Waals surface area (Å²) in [5, 5.41) is 0. The standard InChI is InChI=1S/C19H25F/c1-3-14-5-7-16-11-17(9-8-15(16)10-14)18-6-4-13(2)19(20)12-18/h3-4,6,12,14-17H,1,5,7-11H2,2H3. The maximum absolute atomic E-state index is 13.8. The number of hydrogen-bond acceptors (Lipinski definition) is 0. The quantitative estimate of drug-likeness (QED) is 0.613. The lowest BCUT2D eigenvalue weighted by molar-refractivity contribution is 0.133. The van der Waals surface area contributed by atoms with Crippen molar-refractivity contribution in [3.63, 3.8) is 0 Å². The number of benzene rings is 1. The molecule has 0 aromatic heterocycles. The van der Waals surface area contributed by atoms with E-state index in [2.05, 4.69) is 18.7 Å². The SMILES string of the molecule is C=CC1CCC2CC(c3ccc(C)c(F)c3)CCC2C1. The molecule has 0 saturated heterocycles. The highest BCUT2D eigenvalue weighted by Crippen LogP contribution is 2.47. The molecule has 2 aliphatic carbocycles. The second-order valence-electron chi connectivity index (χ2n) is 6.85. The van der Waals surface area contributed by atoms with E-state index in [1.165, 1.54) is 44.1 Å². The molecule has 0 spiro atoms. The summed E-state index contributed by atoms with van der Waals surface area (Å²) < 4.78 is 13.8. The van der Waals surface area contributed by atoms with E-state index in [-0.39, 0.29) is 5.82 Å². The Labute approximate surface area is 122 Å². The minimum Gasteiger partial charge on any atom is -0.207 e. The second-order valence-corrected chi connectivity index (χ2v) is 6.85. The van der Waals surface area contributed by atoms with Crippen molar-refractivity contribution in [2.75, 3.05) is 0 Å². The minimum absolute atomic E-state index is 0.0417. The molecular weight excluding hydrogens is 247 g/mol. The fourth-order valence-electron chi connectivity index (χ4n) is 4.31. The first kappa shape index (κ1) is 13.9. The zero-order valence-electron chi connectivity index (χ0n) is 12.4. The fraction of sp³-hybridized carbons (Fsp3) is 0.579. The lowest BCUT2D eigenvalue weighted by Gasteiger charge is -2.41. The molecule has 20 heavy (non-hydrogen) atoms. The van der Waals surface area contributed by atoms with E-state index >= 15 is 0 Å². The van der Waals surface area contributed by atoms with E-state index in [0.717, 1.165) is 23.3 Å². The Kier molecular flexibility index (Phi) is 3.96. The minimum atomic E-state index is -0.0417. The first-order valence-electron chi connectivity index (χ1n) is 8.06. The Hall–Kier alpha value is -1.11. The Morgan fingerprint density at radius 3 is 2.60 bits per heavy atom. The van der Waals surface area contributed by atoms with Crippen LogP contribution in [0.25, 0.3) is 0 Å². The molecule has 0 amide bonds. The molecule has 0 N–H and O–H groups in total. The maximum Gasteiger partial charge on any atom is 0.126 e. The molecule has 0 nitrogen and oxygen atoms in total. The predicted molar refractivity (Wildman–Crippen MR) is 82.2 cm³/mol. The number of rotatable bonds is 2. The van der Waals surface area contributed by atoms with Crippen molar-refractivity contribution in [3.05, 3.63) is 47.8 Å². The van der Waals surface area contributed by atoms with Crippen LogP contribution in [0.1, 0.15) is 55.6 Å². The molecule has 2 aliphatic rings. The van der Waals surface area contributed by atoms with Gasteiger partial charge in [0.05, 0.1) is 0 Å². The van der Waals surface area contributed by atoms with Gasteiger partial charge in [-0.25, -0.2) is 4.39 Å². The van der Waals surface area contributed by atoms with Crippen molar-refractivity contribution in [1.82, 2.24) is 0 Å². The number of aryl methyl sites for hydroxylation is 1. The molecule has 2 saturated carbocycles. The molecule has 3 rings (SSSR count). The van der Waals surface area contributed by atoms with Gasteiger partial charge >= 0.3 is 0 Å². The number of fused-ring (bicyclic) bond motifs is 1. The van der Waals surface area contributed by atoms with Crippen LogP contribution in [-0.4, -0.2) is 0 Å². The van der Waals surface area contributed by atoms with E-state index in [9.17, 15) is 4.39 Å². The Morgan fingerprint density at radius 2 is 1.85 bits per heavy atom. The van der Waals surface area contributed by atoms with Gasteiger partial charge in [0.25, 0.3) is 0 Å².